The van der Waals surface area contributed by atoms with Crippen LogP contribution in [0.1, 0.15) is 18.3 Å². The number of nitrogens with zero attached hydrogens (tertiary/aromatic N) is 3. The molecule has 0 radical (unpaired) electrons. The third-order valence-corrected chi connectivity index (χ3v) is 2.21. The van der Waals surface area contributed by atoms with Gasteiger partial charge in [0.15, 0.2) is 5.82 Å². The Bertz CT molecular complexity index is 443. The summed E-state index contributed by atoms with van der Waals surface area (Å²) in [4.78, 5) is 0. The second kappa shape index (κ2) is 5.95. The molecule has 0 aliphatic rings. The maximum absolute atomic E-state index is 5.43. The van der Waals surface area contributed by atoms with E-state index in [0.717, 1.165) is 12.3 Å². The van der Waals surface area contributed by atoms with Gasteiger partial charge in [0.25, 0.3) is 0 Å². The first-order chi connectivity index (χ1) is 8.38. The summed E-state index contributed by atoms with van der Waals surface area (Å²) in [6, 6.07) is 8.00. The molecule has 6 nitrogen and oxygen atoms in total. The fourth-order valence-corrected chi connectivity index (χ4v) is 1.49. The molecule has 0 atom stereocenters. The Morgan fingerprint density at radius 1 is 1.35 bits per heavy atom. The number of nitrogens with one attached hydrogen (secondary N) is 2. The van der Waals surface area contributed by atoms with E-state index >= 15 is 0 Å². The first-order valence-corrected chi connectivity index (χ1v) is 5.53. The van der Waals surface area contributed by atoms with Crippen LogP contribution < -0.4 is 10.1 Å². The van der Waals surface area contributed by atoms with Gasteiger partial charge in [0.2, 0.25) is 0 Å². The molecule has 0 unspecified atom stereocenters. The van der Waals surface area contributed by atoms with Crippen molar-refractivity contribution in [1.82, 2.24) is 25.9 Å². The Morgan fingerprint density at radius 2 is 2.29 bits per heavy atom. The molecule has 2 N–H and O–H groups in total. The second-order valence-electron chi connectivity index (χ2n) is 3.51. The summed E-state index contributed by atoms with van der Waals surface area (Å²) < 4.78 is 5.43. The predicted molar refractivity (Wildman–Crippen MR) is 62.3 cm³/mol. The van der Waals surface area contributed by atoms with Crippen molar-refractivity contribution in [3.05, 3.63) is 35.7 Å². The van der Waals surface area contributed by atoms with E-state index < -0.39 is 0 Å². The van der Waals surface area contributed by atoms with Crippen LogP contribution in [0, 0.1) is 0 Å². The van der Waals surface area contributed by atoms with Crippen LogP contribution in [0.15, 0.2) is 24.3 Å². The van der Waals surface area contributed by atoms with E-state index in [2.05, 4.69) is 25.9 Å². The smallest absolute Gasteiger partial charge is 0.188 e. The molecule has 0 fully saturated rings. The van der Waals surface area contributed by atoms with E-state index in [9.17, 15) is 0 Å². The average Bonchev–Trinajstić information content (AvgIpc) is 2.83. The van der Waals surface area contributed by atoms with Gasteiger partial charge in [-0.1, -0.05) is 17.3 Å². The van der Waals surface area contributed by atoms with Crippen molar-refractivity contribution in [2.75, 3.05) is 6.61 Å². The van der Waals surface area contributed by atoms with Gasteiger partial charge in [0, 0.05) is 6.54 Å². The molecule has 1 aromatic heterocycles. The quantitative estimate of drug-likeness (QED) is 0.775. The first-order valence-electron chi connectivity index (χ1n) is 5.53. The van der Waals surface area contributed by atoms with Crippen LogP contribution in [0.5, 0.6) is 5.75 Å². The number of hydrogen-bond donors (Lipinski definition) is 2. The van der Waals surface area contributed by atoms with E-state index in [4.69, 9.17) is 4.74 Å². The molecular formula is C11H15N5O. The number of aromatic amines is 1. The molecule has 0 aliphatic heterocycles. The van der Waals surface area contributed by atoms with Crippen LogP contribution in [0.2, 0.25) is 0 Å². The summed E-state index contributed by atoms with van der Waals surface area (Å²) >= 11 is 0. The average molecular weight is 233 g/mol. The number of aromatic nitrogens is 4. The number of benzene rings is 1. The van der Waals surface area contributed by atoms with Crippen molar-refractivity contribution in [3.8, 4) is 5.75 Å². The highest BCUT2D eigenvalue weighted by Gasteiger charge is 1.99. The Balaban J connectivity index is 1.84. The van der Waals surface area contributed by atoms with Crippen molar-refractivity contribution < 1.29 is 4.74 Å². The highest BCUT2D eigenvalue weighted by molar-refractivity contribution is 5.28. The number of rotatable bonds is 6. The van der Waals surface area contributed by atoms with Gasteiger partial charge in [-0.15, -0.1) is 10.2 Å². The molecule has 90 valence electrons. The standard InChI is InChI=1S/C11H15N5O/c1-2-17-10-5-3-4-9(6-10)7-12-8-11-13-15-16-14-11/h3-6,12H,2,7-8H2,1H3,(H,13,14,15,16). The van der Waals surface area contributed by atoms with Gasteiger partial charge < -0.3 is 10.1 Å². The lowest BCUT2D eigenvalue weighted by molar-refractivity contribution is 0.340. The number of ether oxygens (including phenoxy) is 1. The molecule has 1 heterocycles. The lowest BCUT2D eigenvalue weighted by Crippen LogP contribution is -2.13. The Labute approximate surface area is 99.4 Å². The maximum atomic E-state index is 5.43. The third-order valence-electron chi connectivity index (χ3n) is 2.21. The first kappa shape index (κ1) is 11.5. The van der Waals surface area contributed by atoms with Crippen LogP contribution in [0.3, 0.4) is 0 Å². The molecule has 0 saturated carbocycles. The molecule has 17 heavy (non-hydrogen) atoms. The van der Waals surface area contributed by atoms with Gasteiger partial charge in [-0.2, -0.15) is 5.21 Å². The topological polar surface area (TPSA) is 75.7 Å². The van der Waals surface area contributed by atoms with Crippen LogP contribution in [-0.4, -0.2) is 27.2 Å². The minimum atomic E-state index is 0.593. The van der Waals surface area contributed by atoms with Crippen molar-refractivity contribution >= 4 is 0 Å². The van der Waals surface area contributed by atoms with Crippen LogP contribution in [0.25, 0.3) is 0 Å². The van der Waals surface area contributed by atoms with E-state index in [0.29, 0.717) is 19.0 Å². The van der Waals surface area contributed by atoms with E-state index in [1.165, 1.54) is 5.56 Å². The fraction of sp³-hybridized carbons (Fsp3) is 0.364. The van der Waals surface area contributed by atoms with Gasteiger partial charge in [0.1, 0.15) is 5.75 Å². The molecule has 6 heteroatoms. The third kappa shape index (κ3) is 3.53. The summed E-state index contributed by atoms with van der Waals surface area (Å²) in [5.74, 6) is 1.55. The monoisotopic (exact) mass is 233 g/mol. The Hall–Kier alpha value is -1.95. The van der Waals surface area contributed by atoms with Crippen LogP contribution in [0.4, 0.5) is 0 Å². The van der Waals surface area contributed by atoms with Gasteiger partial charge in [0.05, 0.1) is 13.2 Å². The largest absolute Gasteiger partial charge is 0.494 e. The highest BCUT2D eigenvalue weighted by Crippen LogP contribution is 2.12. The lowest BCUT2D eigenvalue weighted by Gasteiger charge is -2.06. The van der Waals surface area contributed by atoms with Crippen molar-refractivity contribution in [3.63, 3.8) is 0 Å². The van der Waals surface area contributed by atoms with E-state index in [1.807, 2.05) is 31.2 Å². The normalized spacial score (nSPS) is 10.4. The molecular weight excluding hydrogens is 218 g/mol. The van der Waals surface area contributed by atoms with Gasteiger partial charge in [-0.3, -0.25) is 0 Å². The summed E-state index contributed by atoms with van der Waals surface area (Å²) in [6.07, 6.45) is 0. The molecule has 0 saturated heterocycles. The molecule has 0 aliphatic carbocycles. The van der Waals surface area contributed by atoms with Crippen molar-refractivity contribution in [2.24, 2.45) is 0 Å². The summed E-state index contributed by atoms with van der Waals surface area (Å²) in [7, 11) is 0. The minimum Gasteiger partial charge on any atom is -0.494 e. The molecule has 0 bridgehead atoms. The van der Waals surface area contributed by atoms with Crippen LogP contribution in [-0.2, 0) is 13.1 Å². The number of H-pyrrole nitrogens is 1. The number of hydrogen-bond acceptors (Lipinski definition) is 5. The maximum Gasteiger partial charge on any atom is 0.188 e. The second-order valence-corrected chi connectivity index (χ2v) is 3.51. The Kier molecular flexibility index (Phi) is 4.04. The summed E-state index contributed by atoms with van der Waals surface area (Å²) in [6.45, 7) is 3.99. The SMILES string of the molecule is CCOc1cccc(CNCc2nn[nH]n2)c1. The van der Waals surface area contributed by atoms with E-state index in [-0.39, 0.29) is 0 Å². The van der Waals surface area contributed by atoms with Gasteiger partial charge >= 0.3 is 0 Å². The summed E-state index contributed by atoms with van der Waals surface area (Å²) in [5, 5.41) is 16.9. The highest BCUT2D eigenvalue weighted by atomic mass is 16.5. The fourth-order valence-electron chi connectivity index (χ4n) is 1.49. The van der Waals surface area contributed by atoms with Crippen LogP contribution >= 0.6 is 0 Å². The molecule has 2 aromatic rings. The van der Waals surface area contributed by atoms with E-state index in [1.54, 1.807) is 0 Å². The molecule has 0 spiro atoms. The zero-order valence-electron chi connectivity index (χ0n) is 9.68. The number of tetrazole rings is 1. The zero-order chi connectivity index (χ0) is 11.9. The predicted octanol–water partition coefficient (Wildman–Crippen LogP) is 0.888. The zero-order valence-corrected chi connectivity index (χ0v) is 9.68. The minimum absolute atomic E-state index is 0.593. The van der Waals surface area contributed by atoms with Crippen molar-refractivity contribution in [2.45, 2.75) is 20.0 Å². The Morgan fingerprint density at radius 3 is 3.06 bits per heavy atom. The summed E-state index contributed by atoms with van der Waals surface area (Å²) in [5.41, 5.74) is 1.17. The van der Waals surface area contributed by atoms with Gasteiger partial charge in [-0.05, 0) is 24.6 Å². The van der Waals surface area contributed by atoms with Gasteiger partial charge in [-0.25, -0.2) is 0 Å². The lowest BCUT2D eigenvalue weighted by atomic mass is 10.2. The van der Waals surface area contributed by atoms with Crippen molar-refractivity contribution in [1.29, 1.82) is 0 Å². The molecule has 1 aromatic carbocycles. The molecule has 2 rings (SSSR count). The molecule has 0 amide bonds.